The minimum atomic E-state index is -4.22. The maximum Gasteiger partial charge on any atom is 0.737 e. The number of rotatable bonds is 3. The molecular formula is C36H32B2F4N4. The minimum absolute atomic E-state index is 0.364. The van der Waals surface area contributed by atoms with Gasteiger partial charge in [-0.15, -0.1) is 0 Å². The number of hydrogen-bond acceptors (Lipinski definition) is 0. The molecule has 46 heavy (non-hydrogen) atoms. The first-order chi connectivity index (χ1) is 21.8. The Bertz CT molecular complexity index is 2070. The van der Waals surface area contributed by atoms with Crippen molar-refractivity contribution >= 4 is 37.5 Å². The summed E-state index contributed by atoms with van der Waals surface area (Å²) < 4.78 is 69.2. The van der Waals surface area contributed by atoms with Crippen molar-refractivity contribution < 1.29 is 26.2 Å². The van der Waals surface area contributed by atoms with Gasteiger partial charge < -0.3 is 35.2 Å². The number of aromatic nitrogens is 2. The van der Waals surface area contributed by atoms with Crippen LogP contribution < -0.4 is 0 Å². The molecule has 0 radical (unpaired) electrons. The summed E-state index contributed by atoms with van der Waals surface area (Å²) in [6.45, 7) is 3.57. The van der Waals surface area contributed by atoms with E-state index in [9.17, 15) is 0 Å². The monoisotopic (exact) mass is 618 g/mol. The van der Waals surface area contributed by atoms with Crippen LogP contribution in [0, 0.1) is 41.5 Å². The van der Waals surface area contributed by atoms with E-state index in [4.69, 9.17) is 0 Å². The summed E-state index contributed by atoms with van der Waals surface area (Å²) in [7, 11) is 0. The normalized spacial score (nSPS) is 18.5. The van der Waals surface area contributed by atoms with Gasteiger partial charge in [-0.1, -0.05) is 35.4 Å². The Balaban J connectivity index is 1.37. The molecule has 0 saturated carbocycles. The number of aryl methyl sites for hydroxylation is 6. The topological polar surface area (TPSA) is 15.9 Å². The third-order valence-corrected chi connectivity index (χ3v) is 9.81. The van der Waals surface area contributed by atoms with Crippen LogP contribution in [0.4, 0.5) is 17.3 Å². The van der Waals surface area contributed by atoms with E-state index in [1.54, 1.807) is 36.4 Å². The second-order valence-electron chi connectivity index (χ2n) is 13.1. The Morgan fingerprint density at radius 3 is 1.22 bits per heavy atom. The number of hydrogen-bond donors (Lipinski definition) is 0. The molecule has 0 saturated heterocycles. The quantitative estimate of drug-likeness (QED) is 0.163. The molecule has 2 aromatic heterocycles. The molecule has 4 aliphatic heterocycles. The molecule has 10 heteroatoms. The molecule has 4 nitrogen and oxygen atoms in total. The lowest BCUT2D eigenvalue weighted by Gasteiger charge is -2.31. The Morgan fingerprint density at radius 2 is 0.870 bits per heavy atom. The third-order valence-electron chi connectivity index (χ3n) is 9.81. The van der Waals surface area contributed by atoms with Crippen molar-refractivity contribution in [1.82, 2.24) is 8.96 Å². The minimum Gasteiger partial charge on any atom is -0.395 e. The van der Waals surface area contributed by atoms with Crippen molar-refractivity contribution in [3.63, 3.8) is 0 Å². The fourth-order valence-corrected chi connectivity index (χ4v) is 8.13. The summed E-state index contributed by atoms with van der Waals surface area (Å²) in [6.07, 6.45) is 12.4. The molecule has 230 valence electrons. The number of halogens is 4. The Kier molecular flexibility index (Phi) is 5.81. The van der Waals surface area contributed by atoms with Gasteiger partial charge in [-0.3, -0.25) is 0 Å². The van der Waals surface area contributed by atoms with Gasteiger partial charge in [0.05, 0.1) is 11.1 Å². The van der Waals surface area contributed by atoms with Crippen LogP contribution in [-0.2, 0) is 0 Å². The Labute approximate surface area is 265 Å². The van der Waals surface area contributed by atoms with Gasteiger partial charge in [0.1, 0.15) is 12.4 Å². The predicted molar refractivity (Wildman–Crippen MR) is 179 cm³/mol. The first kappa shape index (κ1) is 28.6. The first-order valence-electron chi connectivity index (χ1n) is 15.5. The van der Waals surface area contributed by atoms with E-state index in [-0.39, 0.29) is 0 Å². The lowest BCUT2D eigenvalue weighted by molar-refractivity contribution is -0.357. The van der Waals surface area contributed by atoms with Crippen molar-refractivity contribution in [2.45, 2.75) is 41.5 Å². The Hall–Kier alpha value is -4.85. The van der Waals surface area contributed by atoms with Crippen LogP contribution in [0.2, 0.25) is 0 Å². The second-order valence-corrected chi connectivity index (χ2v) is 13.1. The first-order valence-corrected chi connectivity index (χ1v) is 15.5. The zero-order chi connectivity index (χ0) is 32.4. The summed E-state index contributed by atoms with van der Waals surface area (Å²) in [5, 5.41) is 0. The molecule has 8 rings (SSSR count). The highest BCUT2D eigenvalue weighted by molar-refractivity contribution is 6.58. The highest BCUT2D eigenvalue weighted by Gasteiger charge is 2.54. The molecule has 6 heterocycles. The van der Waals surface area contributed by atoms with Gasteiger partial charge in [0.15, 0.2) is 11.4 Å². The van der Waals surface area contributed by atoms with Crippen LogP contribution >= 0.6 is 0 Å². The van der Waals surface area contributed by atoms with E-state index in [0.29, 0.717) is 45.1 Å². The van der Waals surface area contributed by atoms with Crippen LogP contribution in [0.1, 0.15) is 55.9 Å². The van der Waals surface area contributed by atoms with E-state index in [1.807, 2.05) is 41.5 Å². The molecule has 0 bridgehead atoms. The molecule has 0 atom stereocenters. The van der Waals surface area contributed by atoms with E-state index < -0.39 is 13.9 Å². The molecule has 4 aromatic rings. The summed E-state index contributed by atoms with van der Waals surface area (Å²) in [4.78, 5) is 0. The third kappa shape index (κ3) is 3.76. The molecule has 2 aromatic carbocycles. The van der Waals surface area contributed by atoms with Gasteiger partial charge in [-0.05, 0) is 111 Å². The number of nitrogens with zero attached hydrogens (tertiary/aromatic N) is 4. The SMILES string of the molecule is Cc1cc(C)c(C2=C3C=CC=[N+]3[B-](F)(F)n3cc(-c4cc5n(c4)[B-](F)(F)[N+]4=CC=CC4=C5c4c(C)cc(C)cc4C)cc32)c(C)c1. The molecule has 4 aliphatic rings. The number of fused-ring (bicyclic) bond motifs is 4. The van der Waals surface area contributed by atoms with Crippen molar-refractivity contribution in [2.24, 2.45) is 0 Å². The highest BCUT2D eigenvalue weighted by atomic mass is 19.3. The standard InChI is InChI=1S/C36H32B2F4N4/c1-21-13-23(3)33(24(4)14-21)35-29-9-7-11-43(29)37(39,40)45-19-27(17-31(35)45)28-18-32-36(34-25(5)15-22(2)16-26(34)6)30-10-8-12-44(30)38(41,42)46(32)20-28/h7-20H,1-6H3. The number of benzene rings is 2. The smallest absolute Gasteiger partial charge is 0.395 e. The summed E-state index contributed by atoms with van der Waals surface area (Å²) in [5.74, 6) is 0. The van der Waals surface area contributed by atoms with Crippen molar-refractivity contribution in [3.8, 4) is 11.1 Å². The molecule has 0 spiro atoms. The molecule has 0 aliphatic carbocycles. The van der Waals surface area contributed by atoms with Gasteiger partial charge in [-0.2, -0.15) is 0 Å². The fraction of sp³-hybridized carbons (Fsp3) is 0.167. The van der Waals surface area contributed by atoms with Crippen molar-refractivity contribution in [3.05, 3.63) is 140 Å². The van der Waals surface area contributed by atoms with Crippen molar-refractivity contribution in [1.29, 1.82) is 0 Å². The molecule has 0 fully saturated rings. The van der Waals surface area contributed by atoms with Crippen molar-refractivity contribution in [2.75, 3.05) is 0 Å². The molecule has 0 N–H and O–H groups in total. The predicted octanol–water partition coefficient (Wildman–Crippen LogP) is 8.10. The van der Waals surface area contributed by atoms with Gasteiger partial charge >= 0.3 is 13.9 Å². The zero-order valence-corrected chi connectivity index (χ0v) is 26.5. The lowest BCUT2D eigenvalue weighted by Crippen LogP contribution is -2.49. The summed E-state index contributed by atoms with van der Waals surface area (Å²) in [5.41, 5.74) is 11.8. The van der Waals surface area contributed by atoms with Gasteiger partial charge in [-0.25, -0.2) is 0 Å². The average molecular weight is 618 g/mol. The molecule has 0 unspecified atom stereocenters. The maximum absolute atomic E-state index is 16.2. The van der Waals surface area contributed by atoms with E-state index in [1.165, 1.54) is 24.8 Å². The van der Waals surface area contributed by atoms with Crippen LogP contribution in [0.3, 0.4) is 0 Å². The lowest BCUT2D eigenvalue weighted by atomic mass is 9.83. The summed E-state index contributed by atoms with van der Waals surface area (Å²) in [6, 6.07) is 11.7. The largest absolute Gasteiger partial charge is 0.737 e. The van der Waals surface area contributed by atoms with E-state index >= 15 is 17.3 Å². The average Bonchev–Trinajstić information content (AvgIpc) is 3.77. The number of allylic oxidation sites excluding steroid dienone is 4. The van der Waals surface area contributed by atoms with Crippen LogP contribution in [0.15, 0.2) is 84.5 Å². The van der Waals surface area contributed by atoms with E-state index in [2.05, 4.69) is 24.3 Å². The van der Waals surface area contributed by atoms with Crippen LogP contribution in [0.5, 0.6) is 0 Å². The van der Waals surface area contributed by atoms with Gasteiger partial charge in [0.25, 0.3) is 0 Å². The van der Waals surface area contributed by atoms with Gasteiger partial charge in [0, 0.05) is 35.7 Å². The highest BCUT2D eigenvalue weighted by Crippen LogP contribution is 2.46. The van der Waals surface area contributed by atoms with E-state index in [0.717, 1.165) is 62.4 Å². The Morgan fingerprint density at radius 1 is 0.522 bits per heavy atom. The molecule has 0 amide bonds. The fourth-order valence-electron chi connectivity index (χ4n) is 8.13. The van der Waals surface area contributed by atoms with Crippen LogP contribution in [-0.4, -0.2) is 44.3 Å². The molecular weight excluding hydrogens is 586 g/mol. The van der Waals surface area contributed by atoms with Crippen LogP contribution in [0.25, 0.3) is 22.3 Å². The maximum atomic E-state index is 16.2. The second kappa shape index (κ2) is 9.34. The van der Waals surface area contributed by atoms with Gasteiger partial charge in [0.2, 0.25) is 0 Å². The summed E-state index contributed by atoms with van der Waals surface area (Å²) >= 11 is 0. The zero-order valence-electron chi connectivity index (χ0n) is 26.5.